The number of aliphatic carboxylic acids is 4. The number of hydrogen-bond acceptors (Lipinski definition) is 26. The summed E-state index contributed by atoms with van der Waals surface area (Å²) in [6.45, 7) is 1.79. The maximum Gasteiger partial charge on any atom is 0.305 e. The first kappa shape index (κ1) is 114. The molecule has 0 heterocycles. The second kappa shape index (κ2) is 63.9. The van der Waals surface area contributed by atoms with Gasteiger partial charge in [-0.1, -0.05) is 157 Å². The molecule has 141 heavy (non-hydrogen) atoms. The van der Waals surface area contributed by atoms with Crippen molar-refractivity contribution >= 4 is 82.9 Å². The number of amides is 10. The smallest absolute Gasteiger partial charge is 0.305 e. The van der Waals surface area contributed by atoms with Gasteiger partial charge in [0.1, 0.15) is 109 Å². The number of nitrogens with one attached hydrogen (secondary N) is 10. The Morgan fingerprint density at radius 1 is 0.262 bits per heavy atom. The predicted molar refractivity (Wildman–Crippen MR) is 506 cm³/mol. The van der Waals surface area contributed by atoms with E-state index in [9.17, 15) is 97.8 Å². The monoisotopic (exact) mass is 2000 g/mol. The van der Waals surface area contributed by atoms with Crippen molar-refractivity contribution < 1.29 is 155 Å². The van der Waals surface area contributed by atoms with Gasteiger partial charge in [0.15, 0.2) is 0 Å². The Hall–Kier alpha value is -15.4. The molecule has 10 amide bonds. The van der Waals surface area contributed by atoms with Crippen molar-refractivity contribution in [1.29, 1.82) is 0 Å². The minimum absolute atomic E-state index is 0. The van der Waals surface area contributed by atoms with Gasteiger partial charge in [-0.3, -0.25) is 67.1 Å². The summed E-state index contributed by atoms with van der Waals surface area (Å²) in [7, 11) is 0. The number of aromatic hydroxyl groups is 2. The van der Waals surface area contributed by atoms with E-state index >= 15 is 0 Å². The number of carbonyl (C=O) groups is 14. The van der Waals surface area contributed by atoms with Crippen LogP contribution in [0.2, 0.25) is 0 Å². The SMILES string of the molecule is C#CCOc1ccc(OCCOCCOCCNC(=O)[C@@H](CC(=O)O)NC(=O)[C@H](CC(=O)O)NC(=O)[C@@H](Cc2ccccc2)NC(=O)[C@@H](Cc2ccc(O)cc2)NC(=O)[C@H](N)Cc2ccccc2)cc1.C#CCOc1ccc(OCCOCCOCCNC(=O)[C@H](CC(=O)O)NC(=O)[C@H](CC(=O)O)NC(=O)[C@H](Cc2ccccc2)NC(=O)[C@H](Cc2ccc(O)cc2)NC(=O)[C@@H](N)Cc2ccccc2)cc1.[Zn]. The molecule has 0 aliphatic rings. The number of carboxylic acids is 4. The molecular weight excluding hydrogens is 1880 g/mol. The molecule has 0 bridgehead atoms. The first-order valence-electron chi connectivity index (χ1n) is 44.4. The van der Waals surface area contributed by atoms with Crippen LogP contribution in [0.3, 0.4) is 0 Å². The second-order valence-corrected chi connectivity index (χ2v) is 31.3. The van der Waals surface area contributed by atoms with Crippen LogP contribution in [-0.2, 0) is 144 Å². The molecule has 0 radical (unpaired) electrons. The molecule has 0 saturated carbocycles. The zero-order chi connectivity index (χ0) is 101. The predicted octanol–water partition coefficient (Wildman–Crippen LogP) is 1.75. The fourth-order valence-corrected chi connectivity index (χ4v) is 13.3. The number of carboxylic acid groups (broad SMARTS) is 4. The van der Waals surface area contributed by atoms with E-state index in [2.05, 4.69) is 65.0 Å². The van der Waals surface area contributed by atoms with Crippen LogP contribution >= 0.6 is 0 Å². The molecule has 40 nitrogen and oxygen atoms in total. The number of phenols is 2. The molecule has 8 rings (SSSR count). The Balaban J connectivity index is 0.000000429. The van der Waals surface area contributed by atoms with Crippen molar-refractivity contribution in [3.63, 3.8) is 0 Å². The number of ether oxygens (including phenoxy) is 8. The standard InChI is InChI=1S/2C50H58N6O14.Zn/c2*1-2-22-69-37-17-19-38(20-18-37)70-27-26-68-25-24-67-23-21-52-47(63)42(31-44(58)59)55-50(66)43(32-45(60)61)56-49(65)41(29-34-11-7-4-8-12-34)54-48(64)40(30-35-13-15-36(57)16-14-35)53-46(62)39(51)28-33-9-5-3-6-10-33;/h2*1,3-20,39-43,57H,21-32,51H2,(H,52,63)(H,53,62)(H,54,64)(H,55,66)(H,56,65)(H,58,59)(H,60,61);/t39-,40-,41-,42-,43+;39-,40-,41-,42-,43-;/m10./s1. The second-order valence-electron chi connectivity index (χ2n) is 31.3. The van der Waals surface area contributed by atoms with Crippen LogP contribution in [0.1, 0.15) is 59.1 Å². The van der Waals surface area contributed by atoms with Gasteiger partial charge in [-0.15, -0.1) is 12.8 Å². The molecule has 0 saturated heterocycles. The van der Waals surface area contributed by atoms with E-state index in [0.717, 1.165) is 11.1 Å². The zero-order valence-corrected chi connectivity index (χ0v) is 80.2. The molecule has 0 aliphatic carbocycles. The van der Waals surface area contributed by atoms with Gasteiger partial charge < -0.3 is 133 Å². The van der Waals surface area contributed by atoms with E-state index in [1.807, 2.05) is 12.1 Å². The molecule has 41 heteroatoms. The number of terminal acetylenes is 2. The van der Waals surface area contributed by atoms with E-state index < -0.39 is 169 Å². The van der Waals surface area contributed by atoms with Crippen molar-refractivity contribution in [2.24, 2.45) is 11.5 Å². The maximum absolute atomic E-state index is 14.1. The first-order chi connectivity index (χ1) is 67.4. The average Bonchev–Trinajstić information content (AvgIpc) is 0.843. The van der Waals surface area contributed by atoms with Gasteiger partial charge in [0, 0.05) is 58.3 Å². The van der Waals surface area contributed by atoms with Gasteiger partial charge in [-0.2, -0.15) is 0 Å². The van der Waals surface area contributed by atoms with Crippen molar-refractivity contribution in [2.45, 2.75) is 125 Å². The number of nitrogens with two attached hydrogens (primary N) is 2. The Bertz CT molecular complexity index is 5030. The molecule has 10 atom stereocenters. The first-order valence-corrected chi connectivity index (χ1v) is 44.4. The van der Waals surface area contributed by atoms with Crippen LogP contribution < -0.4 is 83.6 Å². The summed E-state index contributed by atoms with van der Waals surface area (Å²) in [4.78, 5) is 184. The topological polar surface area (TPSA) is 607 Å². The van der Waals surface area contributed by atoms with E-state index in [1.54, 1.807) is 182 Å². The van der Waals surface area contributed by atoms with E-state index in [0.29, 0.717) is 45.3 Å². The zero-order valence-electron chi connectivity index (χ0n) is 77.2. The fraction of sp³-hybridized carbons (Fsp3) is 0.340. The van der Waals surface area contributed by atoms with Crippen molar-refractivity contribution in [3.05, 3.63) is 252 Å². The molecular formula is C100H116N12O28Zn. The third-order valence-electron chi connectivity index (χ3n) is 20.3. The summed E-state index contributed by atoms with van der Waals surface area (Å²) in [5.74, 6) is -8.18. The molecule has 0 unspecified atom stereocenters. The van der Waals surface area contributed by atoms with Crippen LogP contribution in [0, 0.1) is 24.7 Å². The third kappa shape index (κ3) is 45.7. The third-order valence-corrected chi connectivity index (χ3v) is 20.3. The minimum atomic E-state index is -1.86. The molecule has 0 spiro atoms. The normalized spacial score (nSPS) is 12.8. The van der Waals surface area contributed by atoms with Crippen LogP contribution in [0.25, 0.3) is 0 Å². The number of hydrogen-bond donors (Lipinski definition) is 18. The summed E-state index contributed by atoms with van der Waals surface area (Å²) in [6.07, 6.45) is 6.33. The van der Waals surface area contributed by atoms with Gasteiger partial charge in [0.05, 0.1) is 90.6 Å². The Morgan fingerprint density at radius 2 is 0.475 bits per heavy atom. The maximum atomic E-state index is 14.1. The van der Waals surface area contributed by atoms with Crippen LogP contribution in [0.5, 0.6) is 34.5 Å². The van der Waals surface area contributed by atoms with Gasteiger partial charge in [-0.05, 0) is 119 Å². The minimum Gasteiger partial charge on any atom is -0.508 e. The van der Waals surface area contributed by atoms with Gasteiger partial charge >= 0.3 is 23.9 Å². The Labute approximate surface area is 826 Å². The largest absolute Gasteiger partial charge is 0.508 e. The fourth-order valence-electron chi connectivity index (χ4n) is 13.3. The van der Waals surface area contributed by atoms with E-state index in [1.165, 1.54) is 24.3 Å². The summed E-state index contributed by atoms with van der Waals surface area (Å²) in [6, 6.07) is 45.5. The number of carbonyl (C=O) groups excluding carboxylic acids is 10. The molecule has 8 aromatic carbocycles. The molecule has 0 aliphatic heterocycles. The molecule has 0 aromatic heterocycles. The van der Waals surface area contributed by atoms with E-state index in [-0.39, 0.29) is 162 Å². The Morgan fingerprint density at radius 3 is 0.738 bits per heavy atom. The summed E-state index contributed by atoms with van der Waals surface area (Å²) in [5, 5.41) is 83.0. The van der Waals surface area contributed by atoms with Gasteiger partial charge in [-0.25, -0.2) is 0 Å². The number of benzene rings is 8. The molecule has 746 valence electrons. The summed E-state index contributed by atoms with van der Waals surface area (Å²) < 4.78 is 43.7. The molecule has 8 aromatic rings. The molecule has 0 fully saturated rings. The number of phenolic OH excluding ortho intramolecular Hbond substituents is 2. The van der Waals surface area contributed by atoms with Crippen molar-refractivity contribution in [1.82, 2.24) is 53.2 Å². The van der Waals surface area contributed by atoms with Gasteiger partial charge in [0.25, 0.3) is 0 Å². The van der Waals surface area contributed by atoms with Crippen molar-refractivity contribution in [3.8, 4) is 59.2 Å². The van der Waals surface area contributed by atoms with Crippen LogP contribution in [0.15, 0.2) is 218 Å². The number of rotatable bonds is 62. The summed E-state index contributed by atoms with van der Waals surface area (Å²) >= 11 is 0. The van der Waals surface area contributed by atoms with Crippen LogP contribution in [-0.4, -0.2) is 266 Å². The average molecular weight is 2000 g/mol. The molecule has 20 N–H and O–H groups in total. The van der Waals surface area contributed by atoms with Gasteiger partial charge in [0.2, 0.25) is 59.1 Å². The quantitative estimate of drug-likeness (QED) is 0.0147. The Kier molecular flexibility index (Phi) is 51.9. The van der Waals surface area contributed by atoms with Crippen LogP contribution in [0.4, 0.5) is 0 Å². The van der Waals surface area contributed by atoms with Crippen molar-refractivity contribution in [2.75, 3.05) is 92.4 Å². The summed E-state index contributed by atoms with van der Waals surface area (Å²) in [5.41, 5.74) is 16.2. The van der Waals surface area contributed by atoms with E-state index in [4.69, 9.17) is 62.2 Å².